The molecule has 3 heteroatoms. The average molecular weight is 255 g/mol. The molecule has 0 spiro atoms. The molecule has 18 heavy (non-hydrogen) atoms. The summed E-state index contributed by atoms with van der Waals surface area (Å²) in [4.78, 5) is 2.52. The predicted octanol–water partition coefficient (Wildman–Crippen LogP) is 2.43. The summed E-state index contributed by atoms with van der Waals surface area (Å²) in [6, 6.07) is 1.37. The van der Waals surface area contributed by atoms with E-state index in [1.165, 1.54) is 25.7 Å². The molecular formula is C15H29NO2. The summed E-state index contributed by atoms with van der Waals surface area (Å²) in [5.41, 5.74) is -0.159. The van der Waals surface area contributed by atoms with Crippen molar-refractivity contribution in [1.82, 2.24) is 4.90 Å². The second-order valence-electron chi connectivity index (χ2n) is 7.08. The molecule has 0 heterocycles. The van der Waals surface area contributed by atoms with Crippen molar-refractivity contribution in [3.63, 3.8) is 0 Å². The van der Waals surface area contributed by atoms with Gasteiger partial charge in [-0.2, -0.15) is 0 Å². The van der Waals surface area contributed by atoms with E-state index in [4.69, 9.17) is 4.74 Å². The largest absolute Gasteiger partial charge is 0.389 e. The van der Waals surface area contributed by atoms with Gasteiger partial charge in [0.05, 0.1) is 18.3 Å². The molecule has 0 aromatic carbocycles. The van der Waals surface area contributed by atoms with Crippen molar-refractivity contribution in [2.24, 2.45) is 5.92 Å². The number of nitrogens with zero attached hydrogens (tertiary/aromatic N) is 1. The van der Waals surface area contributed by atoms with Crippen LogP contribution in [-0.2, 0) is 4.74 Å². The van der Waals surface area contributed by atoms with Crippen molar-refractivity contribution in [2.45, 2.75) is 77.2 Å². The maximum atomic E-state index is 10.1. The Hall–Kier alpha value is -0.120. The van der Waals surface area contributed by atoms with Crippen LogP contribution in [0.1, 0.15) is 53.4 Å². The van der Waals surface area contributed by atoms with Gasteiger partial charge in [0.25, 0.3) is 0 Å². The number of ether oxygens (including phenoxy) is 1. The van der Waals surface area contributed by atoms with Crippen molar-refractivity contribution >= 4 is 0 Å². The zero-order valence-corrected chi connectivity index (χ0v) is 12.4. The summed E-state index contributed by atoms with van der Waals surface area (Å²) in [5.74, 6) is 0.876. The van der Waals surface area contributed by atoms with Crippen molar-refractivity contribution < 1.29 is 9.84 Å². The summed E-state index contributed by atoms with van der Waals surface area (Å²) >= 11 is 0. The Balaban J connectivity index is 1.77. The first-order valence-electron chi connectivity index (χ1n) is 7.44. The number of aliphatic hydroxyl groups is 1. The highest BCUT2D eigenvalue weighted by atomic mass is 16.5. The van der Waals surface area contributed by atoms with Gasteiger partial charge in [-0.1, -0.05) is 0 Å². The van der Waals surface area contributed by atoms with Gasteiger partial charge in [-0.15, -0.1) is 0 Å². The molecule has 0 saturated heterocycles. The predicted molar refractivity (Wildman–Crippen MR) is 73.6 cm³/mol. The van der Waals surface area contributed by atoms with Crippen LogP contribution in [0.4, 0.5) is 0 Å². The lowest BCUT2D eigenvalue weighted by molar-refractivity contribution is -0.0598. The van der Waals surface area contributed by atoms with Crippen LogP contribution in [0.2, 0.25) is 0 Å². The number of aliphatic hydroxyl groups excluding tert-OH is 1. The first-order valence-corrected chi connectivity index (χ1v) is 7.44. The van der Waals surface area contributed by atoms with Crippen molar-refractivity contribution in [3.8, 4) is 0 Å². The SMILES string of the molecule is CC(C1CC1)N(CC(O)COC(C)(C)C)C1CC1. The molecule has 2 atom stereocenters. The van der Waals surface area contributed by atoms with Gasteiger partial charge < -0.3 is 9.84 Å². The highest BCUT2D eigenvalue weighted by Gasteiger charge is 2.39. The van der Waals surface area contributed by atoms with Crippen LogP contribution in [-0.4, -0.2) is 46.9 Å². The molecule has 106 valence electrons. The molecule has 0 aromatic rings. The van der Waals surface area contributed by atoms with E-state index in [1.54, 1.807) is 0 Å². The van der Waals surface area contributed by atoms with Crippen molar-refractivity contribution in [2.75, 3.05) is 13.2 Å². The summed E-state index contributed by atoms with van der Waals surface area (Å²) in [5, 5.41) is 10.1. The number of hydrogen-bond acceptors (Lipinski definition) is 3. The molecule has 2 rings (SSSR count). The third-order valence-corrected chi connectivity index (χ3v) is 3.97. The zero-order chi connectivity index (χ0) is 13.3. The lowest BCUT2D eigenvalue weighted by Gasteiger charge is -2.32. The highest BCUT2D eigenvalue weighted by molar-refractivity contribution is 4.94. The van der Waals surface area contributed by atoms with Gasteiger partial charge in [-0.05, 0) is 59.3 Å². The number of rotatable bonds is 7. The third kappa shape index (κ3) is 4.52. The van der Waals surface area contributed by atoms with Crippen LogP contribution < -0.4 is 0 Å². The molecule has 1 N–H and O–H groups in total. The van der Waals surface area contributed by atoms with Crippen LogP contribution >= 0.6 is 0 Å². The second-order valence-corrected chi connectivity index (χ2v) is 7.08. The Bertz CT molecular complexity index is 266. The Morgan fingerprint density at radius 2 is 1.83 bits per heavy atom. The first kappa shape index (κ1) is 14.3. The fraction of sp³-hybridized carbons (Fsp3) is 1.00. The summed E-state index contributed by atoms with van der Waals surface area (Å²) < 4.78 is 5.67. The minimum absolute atomic E-state index is 0.159. The van der Waals surface area contributed by atoms with Crippen LogP contribution in [0.25, 0.3) is 0 Å². The zero-order valence-electron chi connectivity index (χ0n) is 12.4. The fourth-order valence-corrected chi connectivity index (χ4v) is 2.55. The highest BCUT2D eigenvalue weighted by Crippen LogP contribution is 2.39. The normalized spacial score (nSPS) is 24.3. The molecule has 3 nitrogen and oxygen atoms in total. The molecule has 2 aliphatic carbocycles. The van der Waals surface area contributed by atoms with Gasteiger partial charge in [0.15, 0.2) is 0 Å². The Labute approximate surface area is 112 Å². The molecule has 2 aliphatic rings. The molecule has 2 unspecified atom stereocenters. The standard InChI is InChI=1S/C15H29NO2/c1-11(12-5-6-12)16(13-7-8-13)9-14(17)10-18-15(2,3)4/h11-14,17H,5-10H2,1-4H3. The lowest BCUT2D eigenvalue weighted by atomic mass is 10.1. The van der Waals surface area contributed by atoms with Gasteiger partial charge in [-0.25, -0.2) is 0 Å². The van der Waals surface area contributed by atoms with Gasteiger partial charge in [0.2, 0.25) is 0 Å². The van der Waals surface area contributed by atoms with Crippen molar-refractivity contribution in [1.29, 1.82) is 0 Å². The van der Waals surface area contributed by atoms with Crippen LogP contribution in [0, 0.1) is 5.92 Å². The van der Waals surface area contributed by atoms with E-state index in [2.05, 4.69) is 11.8 Å². The van der Waals surface area contributed by atoms with Crippen LogP contribution in [0.5, 0.6) is 0 Å². The maximum absolute atomic E-state index is 10.1. The van der Waals surface area contributed by atoms with Gasteiger partial charge in [-0.3, -0.25) is 4.90 Å². The van der Waals surface area contributed by atoms with Crippen LogP contribution in [0.3, 0.4) is 0 Å². The van der Waals surface area contributed by atoms with Gasteiger partial charge >= 0.3 is 0 Å². The van der Waals surface area contributed by atoms with Gasteiger partial charge in [0, 0.05) is 18.6 Å². The Morgan fingerprint density at radius 3 is 2.28 bits per heavy atom. The Kier molecular flexibility index (Phi) is 4.35. The molecule has 2 fully saturated rings. The first-order chi connectivity index (χ1) is 8.37. The molecule has 0 bridgehead atoms. The smallest absolute Gasteiger partial charge is 0.0900 e. The monoisotopic (exact) mass is 255 g/mol. The van der Waals surface area contributed by atoms with Gasteiger partial charge in [0.1, 0.15) is 0 Å². The molecular weight excluding hydrogens is 226 g/mol. The summed E-state index contributed by atoms with van der Waals surface area (Å²) in [7, 11) is 0. The lowest BCUT2D eigenvalue weighted by Crippen LogP contribution is -2.43. The quantitative estimate of drug-likeness (QED) is 0.758. The summed E-state index contributed by atoms with van der Waals surface area (Å²) in [6.07, 6.45) is 5.01. The average Bonchev–Trinajstić information content (AvgIpc) is 3.14. The topological polar surface area (TPSA) is 32.7 Å². The molecule has 0 aliphatic heterocycles. The minimum atomic E-state index is -0.356. The maximum Gasteiger partial charge on any atom is 0.0900 e. The Morgan fingerprint density at radius 1 is 1.22 bits per heavy atom. The molecule has 0 radical (unpaired) electrons. The molecule has 2 saturated carbocycles. The van der Waals surface area contributed by atoms with Crippen LogP contribution in [0.15, 0.2) is 0 Å². The van der Waals surface area contributed by atoms with E-state index in [0.29, 0.717) is 12.6 Å². The van der Waals surface area contributed by atoms with Crippen molar-refractivity contribution in [3.05, 3.63) is 0 Å². The van der Waals surface area contributed by atoms with E-state index < -0.39 is 0 Å². The van der Waals surface area contributed by atoms with E-state index >= 15 is 0 Å². The van der Waals surface area contributed by atoms with E-state index in [9.17, 15) is 5.11 Å². The minimum Gasteiger partial charge on any atom is -0.389 e. The molecule has 0 amide bonds. The van der Waals surface area contributed by atoms with E-state index in [1.807, 2.05) is 20.8 Å². The molecule has 0 aromatic heterocycles. The number of hydrogen-bond donors (Lipinski definition) is 1. The third-order valence-electron chi connectivity index (χ3n) is 3.97. The fourth-order valence-electron chi connectivity index (χ4n) is 2.55. The van der Waals surface area contributed by atoms with E-state index in [0.717, 1.165) is 18.5 Å². The second kappa shape index (κ2) is 5.48. The summed E-state index contributed by atoms with van der Waals surface area (Å²) in [6.45, 7) is 9.65. The van der Waals surface area contributed by atoms with E-state index in [-0.39, 0.29) is 11.7 Å².